The Bertz CT molecular complexity index is 789. The SMILES string of the molecule is O=C(O)CSCC#CCN1C(=O)CCCC1C=CC(O)C(F)(F)c1ccccc1. The van der Waals surface area contributed by atoms with E-state index in [4.69, 9.17) is 5.11 Å². The highest BCUT2D eigenvalue weighted by atomic mass is 32.2. The fraction of sp³-hybridized carbons (Fsp3) is 0.429. The maximum absolute atomic E-state index is 14.4. The Morgan fingerprint density at radius 3 is 2.76 bits per heavy atom. The van der Waals surface area contributed by atoms with Gasteiger partial charge in [-0.25, -0.2) is 0 Å². The number of carboxylic acid groups (broad SMARTS) is 1. The number of aliphatic hydroxyl groups excluding tert-OH is 1. The van der Waals surface area contributed by atoms with Crippen LogP contribution in [0.3, 0.4) is 0 Å². The Morgan fingerprint density at radius 1 is 1.34 bits per heavy atom. The fourth-order valence-electron chi connectivity index (χ4n) is 2.92. The molecule has 1 fully saturated rings. The van der Waals surface area contributed by atoms with Gasteiger partial charge < -0.3 is 15.1 Å². The number of aliphatic hydroxyl groups is 1. The Labute approximate surface area is 172 Å². The molecule has 1 saturated heterocycles. The Balaban J connectivity index is 2.00. The molecule has 8 heteroatoms. The highest BCUT2D eigenvalue weighted by molar-refractivity contribution is 8.00. The number of carboxylic acids is 1. The van der Waals surface area contributed by atoms with Crippen LogP contribution in [0.25, 0.3) is 0 Å². The number of hydrogen-bond acceptors (Lipinski definition) is 4. The molecular formula is C21H23F2NO4S. The Hall–Kier alpha value is -2.37. The molecule has 1 aromatic rings. The fourth-order valence-corrected chi connectivity index (χ4v) is 3.40. The monoisotopic (exact) mass is 423 g/mol. The molecule has 1 aliphatic heterocycles. The number of carbonyl (C=O) groups is 2. The van der Waals surface area contributed by atoms with Crippen molar-refractivity contribution in [3.63, 3.8) is 0 Å². The van der Waals surface area contributed by atoms with E-state index >= 15 is 0 Å². The van der Waals surface area contributed by atoms with E-state index in [9.17, 15) is 23.5 Å². The number of thioether (sulfide) groups is 1. The maximum Gasteiger partial charge on any atom is 0.313 e. The van der Waals surface area contributed by atoms with Crippen LogP contribution in [0.5, 0.6) is 0 Å². The van der Waals surface area contributed by atoms with Gasteiger partial charge >= 0.3 is 11.9 Å². The minimum Gasteiger partial charge on any atom is -0.481 e. The largest absolute Gasteiger partial charge is 0.481 e. The van der Waals surface area contributed by atoms with Crippen molar-refractivity contribution in [3.05, 3.63) is 48.0 Å². The van der Waals surface area contributed by atoms with Crippen LogP contribution in [-0.4, -0.2) is 57.2 Å². The van der Waals surface area contributed by atoms with Crippen LogP contribution in [0.15, 0.2) is 42.5 Å². The van der Waals surface area contributed by atoms with Gasteiger partial charge in [-0.15, -0.1) is 11.8 Å². The molecule has 0 saturated carbocycles. The van der Waals surface area contributed by atoms with E-state index in [1.165, 1.54) is 35.2 Å². The van der Waals surface area contributed by atoms with Crippen LogP contribution in [0.4, 0.5) is 8.78 Å². The molecular weight excluding hydrogens is 400 g/mol. The van der Waals surface area contributed by atoms with Gasteiger partial charge in [0.25, 0.3) is 0 Å². The van der Waals surface area contributed by atoms with E-state index in [0.717, 1.165) is 17.8 Å². The third-order valence-electron chi connectivity index (χ3n) is 4.43. The second kappa shape index (κ2) is 11.0. The standard InChI is InChI=1S/C21H23F2NO4S/c22-21(23,16-7-2-1-3-8-16)18(25)12-11-17-9-6-10-19(26)24(17)13-4-5-14-29-15-20(27)28/h1-3,7-8,11-12,17-18,25H,6,9-10,13-15H2,(H,27,28). The summed E-state index contributed by atoms with van der Waals surface area (Å²) >= 11 is 1.16. The van der Waals surface area contributed by atoms with Gasteiger partial charge in [0.1, 0.15) is 6.10 Å². The number of halogens is 2. The lowest BCUT2D eigenvalue weighted by Gasteiger charge is -2.32. The average molecular weight is 423 g/mol. The number of amides is 1. The lowest BCUT2D eigenvalue weighted by Crippen LogP contribution is -2.43. The third kappa shape index (κ3) is 6.87. The van der Waals surface area contributed by atoms with Crippen LogP contribution >= 0.6 is 11.8 Å². The van der Waals surface area contributed by atoms with Crippen molar-refractivity contribution in [2.24, 2.45) is 0 Å². The van der Waals surface area contributed by atoms with Crippen molar-refractivity contribution >= 4 is 23.6 Å². The molecule has 29 heavy (non-hydrogen) atoms. The molecule has 0 spiro atoms. The van der Waals surface area contributed by atoms with Gasteiger partial charge in [0, 0.05) is 12.0 Å². The second-order valence-electron chi connectivity index (χ2n) is 6.54. The molecule has 1 amide bonds. The number of aliphatic carboxylic acids is 1. The first-order chi connectivity index (χ1) is 13.8. The smallest absolute Gasteiger partial charge is 0.313 e. The van der Waals surface area contributed by atoms with Crippen molar-refractivity contribution in [3.8, 4) is 11.8 Å². The summed E-state index contributed by atoms with van der Waals surface area (Å²) in [5, 5.41) is 18.6. The highest BCUT2D eigenvalue weighted by Gasteiger charge is 2.39. The molecule has 1 aliphatic rings. The van der Waals surface area contributed by atoms with E-state index in [1.807, 2.05) is 0 Å². The molecule has 0 bridgehead atoms. The molecule has 0 aromatic heterocycles. The molecule has 1 heterocycles. The minimum absolute atomic E-state index is 0.0454. The summed E-state index contributed by atoms with van der Waals surface area (Å²) in [5.74, 6) is 1.43. The van der Waals surface area contributed by atoms with E-state index in [-0.39, 0.29) is 23.8 Å². The van der Waals surface area contributed by atoms with Gasteiger partial charge in [-0.05, 0) is 12.8 Å². The van der Waals surface area contributed by atoms with Crippen LogP contribution in [0.2, 0.25) is 0 Å². The summed E-state index contributed by atoms with van der Waals surface area (Å²) in [7, 11) is 0. The van der Waals surface area contributed by atoms with Crippen molar-refractivity contribution < 1.29 is 28.6 Å². The van der Waals surface area contributed by atoms with Crippen molar-refractivity contribution in [2.45, 2.75) is 37.3 Å². The van der Waals surface area contributed by atoms with Crippen molar-refractivity contribution in [1.29, 1.82) is 0 Å². The summed E-state index contributed by atoms with van der Waals surface area (Å²) in [6.45, 7) is 0.132. The van der Waals surface area contributed by atoms with E-state index < -0.39 is 24.0 Å². The van der Waals surface area contributed by atoms with Crippen LogP contribution in [0.1, 0.15) is 24.8 Å². The predicted octanol–water partition coefficient (Wildman–Crippen LogP) is 2.90. The molecule has 1 aromatic carbocycles. The lowest BCUT2D eigenvalue weighted by atomic mass is 9.98. The van der Waals surface area contributed by atoms with Gasteiger partial charge in [0.2, 0.25) is 5.91 Å². The summed E-state index contributed by atoms with van der Waals surface area (Å²) in [4.78, 5) is 24.2. The average Bonchev–Trinajstić information content (AvgIpc) is 2.70. The summed E-state index contributed by atoms with van der Waals surface area (Å²) in [6, 6.07) is 6.67. The number of benzene rings is 1. The number of alkyl halides is 2. The Morgan fingerprint density at radius 2 is 2.07 bits per heavy atom. The number of carbonyl (C=O) groups excluding carboxylic acids is 1. The summed E-state index contributed by atoms with van der Waals surface area (Å²) in [5.41, 5.74) is -0.279. The van der Waals surface area contributed by atoms with Gasteiger partial charge in [0.05, 0.1) is 24.1 Å². The molecule has 2 atom stereocenters. The van der Waals surface area contributed by atoms with E-state index in [0.29, 0.717) is 25.0 Å². The lowest BCUT2D eigenvalue weighted by molar-refractivity contribution is -0.135. The van der Waals surface area contributed by atoms with Gasteiger partial charge in [-0.3, -0.25) is 9.59 Å². The second-order valence-corrected chi connectivity index (χ2v) is 7.53. The first-order valence-electron chi connectivity index (χ1n) is 9.17. The number of likely N-dealkylation sites (tertiary alicyclic amines) is 1. The number of nitrogens with zero attached hydrogens (tertiary/aromatic N) is 1. The minimum atomic E-state index is -3.44. The number of hydrogen-bond donors (Lipinski definition) is 2. The highest BCUT2D eigenvalue weighted by Crippen LogP contribution is 2.32. The number of piperidine rings is 1. The van der Waals surface area contributed by atoms with Gasteiger partial charge in [0.15, 0.2) is 0 Å². The molecule has 2 N–H and O–H groups in total. The Kier molecular flexibility index (Phi) is 8.68. The van der Waals surface area contributed by atoms with Crippen LogP contribution in [0, 0.1) is 11.8 Å². The summed E-state index contributed by atoms with van der Waals surface area (Å²) < 4.78 is 28.8. The van der Waals surface area contributed by atoms with Crippen LogP contribution in [-0.2, 0) is 15.5 Å². The van der Waals surface area contributed by atoms with Crippen molar-refractivity contribution in [1.82, 2.24) is 4.90 Å². The molecule has 156 valence electrons. The molecule has 2 rings (SSSR count). The van der Waals surface area contributed by atoms with Gasteiger partial charge in [-0.1, -0.05) is 54.3 Å². The first-order valence-corrected chi connectivity index (χ1v) is 10.3. The van der Waals surface area contributed by atoms with E-state index in [2.05, 4.69) is 11.8 Å². The molecule has 0 radical (unpaired) electrons. The maximum atomic E-state index is 14.4. The topological polar surface area (TPSA) is 77.8 Å². The van der Waals surface area contributed by atoms with Crippen LogP contribution < -0.4 is 0 Å². The zero-order chi connectivity index (χ0) is 21.3. The number of rotatable bonds is 8. The zero-order valence-corrected chi connectivity index (χ0v) is 16.6. The predicted molar refractivity (Wildman–Crippen MR) is 108 cm³/mol. The molecule has 2 unspecified atom stereocenters. The third-order valence-corrected chi connectivity index (χ3v) is 5.23. The molecule has 5 nitrogen and oxygen atoms in total. The summed E-state index contributed by atoms with van der Waals surface area (Å²) in [6.07, 6.45) is 2.07. The normalized spacial score (nSPS) is 18.4. The quantitative estimate of drug-likeness (QED) is 0.382. The van der Waals surface area contributed by atoms with Gasteiger partial charge in [-0.2, -0.15) is 8.78 Å². The van der Waals surface area contributed by atoms with E-state index in [1.54, 1.807) is 6.07 Å². The zero-order valence-electron chi connectivity index (χ0n) is 15.8. The first kappa shape index (κ1) is 22.9. The molecule has 0 aliphatic carbocycles. The van der Waals surface area contributed by atoms with Crippen molar-refractivity contribution in [2.75, 3.05) is 18.1 Å².